The average molecular weight is 368 g/mol. The minimum atomic E-state index is -0.490. The van der Waals surface area contributed by atoms with Gasteiger partial charge in [0.15, 0.2) is 6.23 Å². The standard InChI is InChI=1S/C22H28N2O3/c1-3-21(18-9-8-16-6-4-5-7-17(16)14-18)24-22(26)23-15(2)27-20-12-10-19(25)11-13-20/h8-15,21,25H,3-7H2,1-2H3,(H2,23,24,26). The summed E-state index contributed by atoms with van der Waals surface area (Å²) in [5, 5.41) is 15.2. The second kappa shape index (κ2) is 8.80. The van der Waals surface area contributed by atoms with Gasteiger partial charge >= 0.3 is 6.03 Å². The molecule has 1 aliphatic carbocycles. The first-order chi connectivity index (χ1) is 13.0. The molecule has 0 radical (unpaired) electrons. The maximum atomic E-state index is 12.4. The van der Waals surface area contributed by atoms with Crippen LogP contribution in [0.4, 0.5) is 4.79 Å². The lowest BCUT2D eigenvalue weighted by Gasteiger charge is -2.23. The van der Waals surface area contributed by atoms with Crippen LogP contribution >= 0.6 is 0 Å². The van der Waals surface area contributed by atoms with E-state index < -0.39 is 6.23 Å². The fourth-order valence-electron chi connectivity index (χ4n) is 3.53. The number of amides is 2. The lowest BCUT2D eigenvalue weighted by atomic mass is 9.89. The van der Waals surface area contributed by atoms with Crippen LogP contribution in [0.2, 0.25) is 0 Å². The molecule has 144 valence electrons. The van der Waals surface area contributed by atoms with Crippen molar-refractivity contribution in [3.63, 3.8) is 0 Å². The Hall–Kier alpha value is -2.69. The van der Waals surface area contributed by atoms with Crippen molar-refractivity contribution in [2.75, 3.05) is 0 Å². The van der Waals surface area contributed by atoms with Crippen LogP contribution in [0, 0.1) is 0 Å². The highest BCUT2D eigenvalue weighted by molar-refractivity contribution is 5.74. The summed E-state index contributed by atoms with van der Waals surface area (Å²) in [6.07, 6.45) is 5.13. The van der Waals surface area contributed by atoms with Crippen molar-refractivity contribution < 1.29 is 14.6 Å². The Balaban J connectivity index is 1.57. The van der Waals surface area contributed by atoms with Crippen LogP contribution in [-0.4, -0.2) is 17.4 Å². The number of urea groups is 1. The number of ether oxygens (including phenoxy) is 1. The third-order valence-electron chi connectivity index (χ3n) is 4.97. The average Bonchev–Trinajstić information content (AvgIpc) is 2.67. The number of aryl methyl sites for hydroxylation is 2. The molecular weight excluding hydrogens is 340 g/mol. The Morgan fingerprint density at radius 3 is 2.48 bits per heavy atom. The van der Waals surface area contributed by atoms with E-state index in [9.17, 15) is 9.90 Å². The van der Waals surface area contributed by atoms with Gasteiger partial charge in [0.05, 0.1) is 6.04 Å². The highest BCUT2D eigenvalue weighted by Crippen LogP contribution is 2.26. The smallest absolute Gasteiger partial charge is 0.318 e. The van der Waals surface area contributed by atoms with E-state index in [1.165, 1.54) is 24.0 Å². The number of hydrogen-bond donors (Lipinski definition) is 3. The van der Waals surface area contributed by atoms with Crippen molar-refractivity contribution in [2.24, 2.45) is 0 Å². The summed E-state index contributed by atoms with van der Waals surface area (Å²) in [5.74, 6) is 0.763. The number of rotatable bonds is 6. The first-order valence-electron chi connectivity index (χ1n) is 9.69. The van der Waals surface area contributed by atoms with Crippen molar-refractivity contribution in [2.45, 2.75) is 58.2 Å². The van der Waals surface area contributed by atoms with Gasteiger partial charge in [-0.15, -0.1) is 0 Å². The maximum absolute atomic E-state index is 12.4. The van der Waals surface area contributed by atoms with E-state index in [-0.39, 0.29) is 17.8 Å². The topological polar surface area (TPSA) is 70.6 Å². The van der Waals surface area contributed by atoms with Gasteiger partial charge in [0.25, 0.3) is 0 Å². The Morgan fingerprint density at radius 2 is 1.78 bits per heavy atom. The van der Waals surface area contributed by atoms with Gasteiger partial charge < -0.3 is 20.5 Å². The van der Waals surface area contributed by atoms with Crippen molar-refractivity contribution in [1.82, 2.24) is 10.6 Å². The third kappa shape index (κ3) is 5.16. The van der Waals surface area contributed by atoms with E-state index in [0.717, 1.165) is 24.8 Å². The Bertz CT molecular complexity index is 774. The summed E-state index contributed by atoms with van der Waals surface area (Å²) in [4.78, 5) is 12.4. The fraction of sp³-hybridized carbons (Fsp3) is 0.409. The van der Waals surface area contributed by atoms with E-state index in [2.05, 4.69) is 35.8 Å². The second-order valence-corrected chi connectivity index (χ2v) is 7.07. The molecule has 27 heavy (non-hydrogen) atoms. The van der Waals surface area contributed by atoms with E-state index in [1.54, 1.807) is 31.2 Å². The number of fused-ring (bicyclic) bond motifs is 1. The van der Waals surface area contributed by atoms with E-state index in [1.807, 2.05) is 0 Å². The molecule has 0 saturated carbocycles. The van der Waals surface area contributed by atoms with Crippen LogP contribution in [0.1, 0.15) is 55.8 Å². The van der Waals surface area contributed by atoms with Crippen molar-refractivity contribution >= 4 is 6.03 Å². The lowest BCUT2D eigenvalue weighted by molar-refractivity contribution is 0.175. The minimum Gasteiger partial charge on any atom is -0.508 e. The summed E-state index contributed by atoms with van der Waals surface area (Å²) in [5.41, 5.74) is 4.02. The van der Waals surface area contributed by atoms with Gasteiger partial charge in [-0.2, -0.15) is 0 Å². The highest BCUT2D eigenvalue weighted by Gasteiger charge is 2.17. The summed E-state index contributed by atoms with van der Waals surface area (Å²) in [6, 6.07) is 12.7. The van der Waals surface area contributed by atoms with Crippen molar-refractivity contribution in [3.05, 3.63) is 59.2 Å². The molecule has 0 saturated heterocycles. The van der Waals surface area contributed by atoms with Crippen molar-refractivity contribution in [3.8, 4) is 11.5 Å². The first kappa shape index (κ1) is 19.1. The molecule has 0 fully saturated rings. The van der Waals surface area contributed by atoms with Gasteiger partial charge in [-0.3, -0.25) is 0 Å². The minimum absolute atomic E-state index is 0.0295. The monoisotopic (exact) mass is 368 g/mol. The molecule has 5 heteroatoms. The van der Waals surface area contributed by atoms with E-state index in [4.69, 9.17) is 4.74 Å². The van der Waals surface area contributed by atoms with Gasteiger partial charge in [-0.05, 0) is 80.0 Å². The first-order valence-corrected chi connectivity index (χ1v) is 9.69. The van der Waals surface area contributed by atoms with Crippen LogP contribution in [0.15, 0.2) is 42.5 Å². The molecule has 5 nitrogen and oxygen atoms in total. The third-order valence-corrected chi connectivity index (χ3v) is 4.97. The normalized spacial score (nSPS) is 15.3. The number of phenolic OH excluding ortho intramolecular Hbond substituents is 1. The zero-order chi connectivity index (χ0) is 19.2. The van der Waals surface area contributed by atoms with Crippen molar-refractivity contribution in [1.29, 1.82) is 0 Å². The highest BCUT2D eigenvalue weighted by atomic mass is 16.5. The zero-order valence-electron chi connectivity index (χ0n) is 16.0. The molecule has 0 aromatic heterocycles. The molecule has 3 rings (SSSR count). The molecule has 2 amide bonds. The molecule has 0 bridgehead atoms. The van der Waals surface area contributed by atoms with Crippen LogP contribution < -0.4 is 15.4 Å². The Kier molecular flexibility index (Phi) is 6.22. The molecule has 0 heterocycles. The van der Waals surface area contributed by atoms with Gasteiger partial charge in [-0.25, -0.2) is 4.79 Å². The predicted molar refractivity (Wildman–Crippen MR) is 106 cm³/mol. The Labute approximate surface area is 160 Å². The molecule has 0 spiro atoms. The maximum Gasteiger partial charge on any atom is 0.318 e. The number of phenols is 1. The second-order valence-electron chi connectivity index (χ2n) is 7.07. The van der Waals surface area contributed by atoms with Crippen LogP contribution in [0.25, 0.3) is 0 Å². The summed E-state index contributed by atoms with van der Waals surface area (Å²) in [6.45, 7) is 3.84. The number of carbonyl (C=O) groups excluding carboxylic acids is 1. The van der Waals surface area contributed by atoms with Gasteiger partial charge in [0, 0.05) is 0 Å². The molecule has 1 aliphatic rings. The van der Waals surface area contributed by atoms with E-state index >= 15 is 0 Å². The molecular formula is C22H28N2O3. The molecule has 0 aliphatic heterocycles. The van der Waals surface area contributed by atoms with Gasteiger partial charge in [0.1, 0.15) is 11.5 Å². The van der Waals surface area contributed by atoms with Crippen LogP contribution in [0.5, 0.6) is 11.5 Å². The number of nitrogens with one attached hydrogen (secondary N) is 2. The van der Waals surface area contributed by atoms with E-state index in [0.29, 0.717) is 5.75 Å². The lowest BCUT2D eigenvalue weighted by Crippen LogP contribution is -2.44. The molecule has 2 aromatic rings. The number of aromatic hydroxyl groups is 1. The number of hydrogen-bond acceptors (Lipinski definition) is 3. The molecule has 2 aromatic carbocycles. The largest absolute Gasteiger partial charge is 0.508 e. The molecule has 3 N–H and O–H groups in total. The molecule has 2 unspecified atom stereocenters. The van der Waals surface area contributed by atoms with Crippen LogP contribution in [-0.2, 0) is 12.8 Å². The number of benzene rings is 2. The quantitative estimate of drug-likeness (QED) is 0.660. The molecule has 2 atom stereocenters. The summed E-state index contributed by atoms with van der Waals surface area (Å²) in [7, 11) is 0. The Morgan fingerprint density at radius 1 is 1.07 bits per heavy atom. The SMILES string of the molecule is CCC(NC(=O)NC(C)Oc1ccc(O)cc1)c1ccc2c(c1)CCCC2. The van der Waals surface area contributed by atoms with Gasteiger partial charge in [0.2, 0.25) is 0 Å². The predicted octanol–water partition coefficient (Wildman–Crippen LogP) is 4.45. The summed E-state index contributed by atoms with van der Waals surface area (Å²) < 4.78 is 5.65. The van der Waals surface area contributed by atoms with Crippen LogP contribution in [0.3, 0.4) is 0 Å². The summed E-state index contributed by atoms with van der Waals surface area (Å²) >= 11 is 0. The zero-order valence-corrected chi connectivity index (χ0v) is 16.0. The van der Waals surface area contributed by atoms with Gasteiger partial charge in [-0.1, -0.05) is 25.1 Å². The fourth-order valence-corrected chi connectivity index (χ4v) is 3.53. The number of carbonyl (C=O) groups is 1.